The fraction of sp³-hybridized carbons (Fsp3) is 0.600. The van der Waals surface area contributed by atoms with Gasteiger partial charge in [-0.1, -0.05) is 37.1 Å². The van der Waals surface area contributed by atoms with Gasteiger partial charge in [0.2, 0.25) is 0 Å². The molecular weight excluding hydrogens is 188 g/mol. The molecule has 12 heavy (non-hydrogen) atoms. The largest absolute Gasteiger partial charge is 0.158 e. The maximum absolute atomic E-state index is 5.72. The predicted octanol–water partition coefficient (Wildman–Crippen LogP) is 4.22. The van der Waals surface area contributed by atoms with Gasteiger partial charge in [-0.2, -0.15) is 11.8 Å². The highest BCUT2D eigenvalue weighted by molar-refractivity contribution is 7.99. The predicted molar refractivity (Wildman–Crippen MR) is 61.0 cm³/mol. The van der Waals surface area contributed by atoms with E-state index in [1.807, 2.05) is 24.8 Å². The second-order valence-electron chi connectivity index (χ2n) is 2.57. The first kappa shape index (κ1) is 12.1. The van der Waals surface area contributed by atoms with E-state index >= 15 is 0 Å². The van der Waals surface area contributed by atoms with Crippen LogP contribution >= 0.6 is 23.4 Å². The summed E-state index contributed by atoms with van der Waals surface area (Å²) in [6, 6.07) is 0. The van der Waals surface area contributed by atoms with E-state index in [2.05, 4.69) is 19.9 Å². The lowest BCUT2D eigenvalue weighted by atomic mass is 10.2. The molecule has 0 saturated carbocycles. The Labute approximate surface area is 85.1 Å². The van der Waals surface area contributed by atoms with Crippen LogP contribution in [0.3, 0.4) is 0 Å². The molecule has 70 valence electrons. The molecule has 0 atom stereocenters. The van der Waals surface area contributed by atoms with Gasteiger partial charge in [0.1, 0.15) is 0 Å². The molecule has 0 unspecified atom stereocenters. The van der Waals surface area contributed by atoms with Crippen molar-refractivity contribution in [3.05, 3.63) is 22.8 Å². The first-order valence-electron chi connectivity index (χ1n) is 4.30. The molecule has 0 aliphatic heterocycles. The van der Waals surface area contributed by atoms with Crippen LogP contribution in [0.2, 0.25) is 0 Å². The van der Waals surface area contributed by atoms with Crippen LogP contribution in [-0.2, 0) is 0 Å². The summed E-state index contributed by atoms with van der Waals surface area (Å²) in [5, 5.41) is 0.849. The summed E-state index contributed by atoms with van der Waals surface area (Å²) in [4.78, 5) is 0. The Balaban J connectivity index is 3.95. The fourth-order valence-electron chi connectivity index (χ4n) is 0.734. The molecule has 0 heterocycles. The molecule has 0 amide bonds. The molecule has 0 spiro atoms. The maximum Gasteiger partial charge on any atom is 0.0150 e. The van der Waals surface area contributed by atoms with Gasteiger partial charge in [-0.3, -0.25) is 0 Å². The number of halogens is 1. The molecule has 0 N–H and O–H groups in total. The van der Waals surface area contributed by atoms with Crippen LogP contribution in [0.25, 0.3) is 0 Å². The Bertz CT molecular complexity index is 167. The lowest BCUT2D eigenvalue weighted by Crippen LogP contribution is -1.85. The molecule has 0 bridgehead atoms. The number of hydrogen-bond acceptors (Lipinski definition) is 1. The van der Waals surface area contributed by atoms with Gasteiger partial charge in [-0.15, -0.1) is 0 Å². The Kier molecular flexibility index (Phi) is 7.83. The smallest absolute Gasteiger partial charge is 0.0150 e. The highest BCUT2D eigenvalue weighted by atomic mass is 35.5. The van der Waals surface area contributed by atoms with Gasteiger partial charge in [0.05, 0.1) is 0 Å². The maximum atomic E-state index is 5.72. The van der Waals surface area contributed by atoms with Gasteiger partial charge < -0.3 is 0 Å². The Morgan fingerprint density at radius 3 is 2.42 bits per heavy atom. The van der Waals surface area contributed by atoms with Gasteiger partial charge >= 0.3 is 0 Å². The van der Waals surface area contributed by atoms with Crippen molar-refractivity contribution >= 4 is 23.4 Å². The zero-order valence-corrected chi connectivity index (χ0v) is 9.63. The number of hydrogen-bond donors (Lipinski definition) is 0. The van der Waals surface area contributed by atoms with Crippen molar-refractivity contribution in [3.63, 3.8) is 0 Å². The number of rotatable bonds is 5. The minimum atomic E-state index is 0.849. The van der Waals surface area contributed by atoms with Gasteiger partial charge in [0.15, 0.2) is 0 Å². The molecule has 0 aromatic carbocycles. The van der Waals surface area contributed by atoms with Crippen LogP contribution in [-0.4, -0.2) is 11.5 Å². The Morgan fingerprint density at radius 2 is 2.00 bits per heavy atom. The normalized spacial score (nSPS) is 13.7. The fourth-order valence-corrected chi connectivity index (χ4v) is 1.56. The summed E-state index contributed by atoms with van der Waals surface area (Å²) < 4.78 is 0. The summed E-state index contributed by atoms with van der Waals surface area (Å²) in [5.74, 6) is 2.31. The molecule has 0 fully saturated rings. The van der Waals surface area contributed by atoms with Gasteiger partial charge in [-0.05, 0) is 25.2 Å². The van der Waals surface area contributed by atoms with Crippen LogP contribution in [0.4, 0.5) is 0 Å². The molecule has 0 aliphatic rings. The first-order valence-corrected chi connectivity index (χ1v) is 5.83. The van der Waals surface area contributed by atoms with E-state index in [0.29, 0.717) is 0 Å². The van der Waals surface area contributed by atoms with E-state index in [0.717, 1.165) is 17.2 Å². The SMILES string of the molecule is CCSCC(=CC=C(C)Cl)CC. The summed E-state index contributed by atoms with van der Waals surface area (Å²) in [6.07, 6.45) is 5.22. The molecule has 0 nitrogen and oxygen atoms in total. The molecule has 0 radical (unpaired) electrons. The topological polar surface area (TPSA) is 0 Å². The van der Waals surface area contributed by atoms with Crippen molar-refractivity contribution in [2.45, 2.75) is 27.2 Å². The molecular formula is C10H17ClS. The van der Waals surface area contributed by atoms with Crippen LogP contribution in [0.15, 0.2) is 22.8 Å². The molecule has 0 rings (SSSR count). The van der Waals surface area contributed by atoms with E-state index in [-0.39, 0.29) is 0 Å². The van der Waals surface area contributed by atoms with Crippen molar-refractivity contribution in [1.29, 1.82) is 0 Å². The number of thioether (sulfide) groups is 1. The van der Waals surface area contributed by atoms with Crippen LogP contribution < -0.4 is 0 Å². The minimum absolute atomic E-state index is 0.849. The highest BCUT2D eigenvalue weighted by Gasteiger charge is 1.91. The summed E-state index contributed by atoms with van der Waals surface area (Å²) in [7, 11) is 0. The quantitative estimate of drug-likeness (QED) is 0.605. The molecule has 0 aromatic heterocycles. The van der Waals surface area contributed by atoms with Crippen molar-refractivity contribution in [2.75, 3.05) is 11.5 Å². The molecule has 0 aliphatic carbocycles. The standard InChI is InChI=1S/C10H17ClS/c1-4-10(8-12-5-2)7-6-9(3)11/h6-7H,4-5,8H2,1-3H3. The summed E-state index contributed by atoms with van der Waals surface area (Å²) in [5.41, 5.74) is 1.46. The average molecular weight is 205 g/mol. The Morgan fingerprint density at radius 1 is 1.33 bits per heavy atom. The monoisotopic (exact) mass is 204 g/mol. The van der Waals surface area contributed by atoms with Crippen LogP contribution in [0, 0.1) is 0 Å². The first-order chi connectivity index (χ1) is 5.70. The summed E-state index contributed by atoms with van der Waals surface area (Å²) in [6.45, 7) is 6.26. The van der Waals surface area contributed by atoms with Crippen molar-refractivity contribution in [1.82, 2.24) is 0 Å². The van der Waals surface area contributed by atoms with Crippen molar-refractivity contribution in [2.24, 2.45) is 0 Å². The molecule has 0 aromatic rings. The van der Waals surface area contributed by atoms with E-state index < -0.39 is 0 Å². The van der Waals surface area contributed by atoms with E-state index in [9.17, 15) is 0 Å². The van der Waals surface area contributed by atoms with E-state index in [1.165, 1.54) is 11.3 Å². The van der Waals surface area contributed by atoms with Gasteiger partial charge in [0.25, 0.3) is 0 Å². The zero-order chi connectivity index (χ0) is 9.40. The summed E-state index contributed by atoms with van der Waals surface area (Å²) >= 11 is 7.67. The lowest BCUT2D eigenvalue weighted by molar-refractivity contribution is 1.11. The van der Waals surface area contributed by atoms with Crippen LogP contribution in [0.5, 0.6) is 0 Å². The Hall–Kier alpha value is 0.120. The van der Waals surface area contributed by atoms with Crippen LogP contribution in [0.1, 0.15) is 27.2 Å². The van der Waals surface area contributed by atoms with Gasteiger partial charge in [0, 0.05) is 10.8 Å². The van der Waals surface area contributed by atoms with Crippen molar-refractivity contribution in [3.8, 4) is 0 Å². The lowest BCUT2D eigenvalue weighted by Gasteiger charge is -2.00. The highest BCUT2D eigenvalue weighted by Crippen LogP contribution is 2.11. The molecule has 0 saturated heterocycles. The third-order valence-corrected chi connectivity index (χ3v) is 2.60. The average Bonchev–Trinajstić information content (AvgIpc) is 2.05. The minimum Gasteiger partial charge on any atom is -0.158 e. The number of allylic oxidation sites excluding steroid dienone is 3. The third kappa shape index (κ3) is 6.81. The van der Waals surface area contributed by atoms with Crippen molar-refractivity contribution < 1.29 is 0 Å². The van der Waals surface area contributed by atoms with Gasteiger partial charge in [-0.25, -0.2) is 0 Å². The third-order valence-electron chi connectivity index (χ3n) is 1.49. The van der Waals surface area contributed by atoms with E-state index in [4.69, 9.17) is 11.6 Å². The van der Waals surface area contributed by atoms with E-state index in [1.54, 1.807) is 0 Å². The second-order valence-corrected chi connectivity index (χ2v) is 4.44. The molecule has 2 heteroatoms. The second kappa shape index (κ2) is 7.75. The zero-order valence-electron chi connectivity index (χ0n) is 8.06.